The highest BCUT2D eigenvalue weighted by molar-refractivity contribution is 7.92. The van der Waals surface area contributed by atoms with E-state index in [1.54, 1.807) is 31.2 Å². The van der Waals surface area contributed by atoms with Crippen molar-refractivity contribution in [2.75, 3.05) is 22.8 Å². The van der Waals surface area contributed by atoms with Crippen LogP contribution in [0.5, 0.6) is 5.75 Å². The molecule has 1 saturated carbocycles. The lowest BCUT2D eigenvalue weighted by Gasteiger charge is -2.20. The molecule has 8 heteroatoms. The van der Waals surface area contributed by atoms with Crippen molar-refractivity contribution in [1.29, 1.82) is 5.26 Å². The monoisotopic (exact) mass is 487 g/mol. The van der Waals surface area contributed by atoms with Crippen LogP contribution in [0.3, 0.4) is 0 Å². The summed E-state index contributed by atoms with van der Waals surface area (Å²) >= 11 is 0. The van der Waals surface area contributed by atoms with E-state index in [0.29, 0.717) is 30.0 Å². The summed E-state index contributed by atoms with van der Waals surface area (Å²) in [5.74, 6) is 0.116. The summed E-state index contributed by atoms with van der Waals surface area (Å²) in [5.41, 5.74) is 3.60. The number of ether oxygens (including phenoxy) is 1. The molecular weight excluding hydrogens is 462 g/mol. The second-order valence-corrected chi connectivity index (χ2v) is 10.9. The van der Waals surface area contributed by atoms with Gasteiger partial charge in [-0.25, -0.2) is 8.42 Å². The van der Waals surface area contributed by atoms with Gasteiger partial charge < -0.3 is 10.1 Å². The third-order valence-electron chi connectivity index (χ3n) is 6.62. The third-order valence-corrected chi connectivity index (χ3v) is 8.43. The number of nitrogens with one attached hydrogen (secondary N) is 1. The smallest absolute Gasteiger partial charge is 0.264 e. The van der Waals surface area contributed by atoms with E-state index < -0.39 is 10.0 Å². The number of benzene rings is 3. The van der Waals surface area contributed by atoms with Crippen LogP contribution in [0.4, 0.5) is 11.4 Å². The molecule has 1 heterocycles. The summed E-state index contributed by atoms with van der Waals surface area (Å²) in [6.45, 7) is 1.96. The standard InChI is InChI=1S/C27H25N3O4S/c1-19-16-23(35(32,33)30-15-12-20-4-2-3-5-24(20)30)10-11-25(19)34-17-26(31)29-22-8-6-21(7-9-22)27(18-28)13-14-27/h2-11,16H,12-15,17H2,1H3,(H,29,31). The fourth-order valence-electron chi connectivity index (χ4n) is 4.43. The molecule has 178 valence electrons. The van der Waals surface area contributed by atoms with Crippen LogP contribution >= 0.6 is 0 Å². The Labute approximate surface area is 205 Å². The third kappa shape index (κ3) is 4.35. The first kappa shape index (κ1) is 22.9. The average Bonchev–Trinajstić information content (AvgIpc) is 3.54. The van der Waals surface area contributed by atoms with Crippen molar-refractivity contribution in [3.05, 3.63) is 83.4 Å². The number of amides is 1. The number of nitriles is 1. The molecule has 3 aromatic carbocycles. The maximum Gasteiger partial charge on any atom is 0.264 e. The Hall–Kier alpha value is -3.83. The van der Waals surface area contributed by atoms with Crippen molar-refractivity contribution < 1.29 is 17.9 Å². The molecule has 1 N–H and O–H groups in total. The van der Waals surface area contributed by atoms with Gasteiger partial charge in [0.15, 0.2) is 6.61 Å². The van der Waals surface area contributed by atoms with Crippen molar-refractivity contribution in [3.63, 3.8) is 0 Å². The van der Waals surface area contributed by atoms with Crippen molar-refractivity contribution in [3.8, 4) is 11.8 Å². The maximum atomic E-state index is 13.2. The van der Waals surface area contributed by atoms with Gasteiger partial charge in [0.2, 0.25) is 0 Å². The molecule has 1 aliphatic carbocycles. The molecule has 0 saturated heterocycles. The number of anilines is 2. The van der Waals surface area contributed by atoms with E-state index >= 15 is 0 Å². The normalized spacial score (nSPS) is 15.7. The molecule has 35 heavy (non-hydrogen) atoms. The number of rotatable bonds is 7. The number of sulfonamides is 1. The highest BCUT2D eigenvalue weighted by Gasteiger charge is 2.44. The molecule has 1 fully saturated rings. The Bertz CT molecular complexity index is 1440. The fourth-order valence-corrected chi connectivity index (χ4v) is 6.02. The van der Waals surface area contributed by atoms with Crippen LogP contribution in [-0.2, 0) is 26.7 Å². The van der Waals surface area contributed by atoms with Crippen molar-refractivity contribution in [2.24, 2.45) is 0 Å². The van der Waals surface area contributed by atoms with Gasteiger partial charge in [0.25, 0.3) is 15.9 Å². The van der Waals surface area contributed by atoms with Crippen molar-refractivity contribution >= 4 is 27.3 Å². The molecule has 0 radical (unpaired) electrons. The molecule has 0 bridgehead atoms. The first-order valence-electron chi connectivity index (χ1n) is 11.5. The number of fused-ring (bicyclic) bond motifs is 1. The van der Waals surface area contributed by atoms with Gasteiger partial charge in [-0.05, 0) is 79.3 Å². The number of hydrogen-bond donors (Lipinski definition) is 1. The van der Waals surface area contributed by atoms with Gasteiger partial charge in [-0.2, -0.15) is 5.26 Å². The van der Waals surface area contributed by atoms with Gasteiger partial charge in [0, 0.05) is 12.2 Å². The van der Waals surface area contributed by atoms with E-state index in [4.69, 9.17) is 4.74 Å². The molecule has 0 atom stereocenters. The summed E-state index contributed by atoms with van der Waals surface area (Å²) in [7, 11) is -3.70. The van der Waals surface area contributed by atoms with Crippen LogP contribution in [0.25, 0.3) is 0 Å². The van der Waals surface area contributed by atoms with Crippen LogP contribution in [0.15, 0.2) is 71.6 Å². The summed E-state index contributed by atoms with van der Waals surface area (Å²) in [5, 5.41) is 12.1. The van der Waals surface area contributed by atoms with Crippen LogP contribution in [0.2, 0.25) is 0 Å². The van der Waals surface area contributed by atoms with Crippen LogP contribution in [0, 0.1) is 18.3 Å². The van der Waals surface area contributed by atoms with Gasteiger partial charge >= 0.3 is 0 Å². The molecular formula is C27H25N3O4S. The van der Waals surface area contributed by atoms with Crippen molar-refractivity contribution in [2.45, 2.75) is 36.5 Å². The summed E-state index contributed by atoms with van der Waals surface area (Å²) in [6, 6.07) is 21.9. The van der Waals surface area contributed by atoms with Gasteiger partial charge in [-0.15, -0.1) is 0 Å². The highest BCUT2D eigenvalue weighted by Crippen LogP contribution is 2.47. The van der Waals surface area contributed by atoms with Gasteiger partial charge in [-0.3, -0.25) is 9.10 Å². The van der Waals surface area contributed by atoms with E-state index in [1.807, 2.05) is 36.4 Å². The van der Waals surface area contributed by atoms with Crippen LogP contribution in [0.1, 0.15) is 29.5 Å². The molecule has 5 rings (SSSR count). The molecule has 1 amide bonds. The van der Waals surface area contributed by atoms with E-state index in [-0.39, 0.29) is 22.8 Å². The largest absolute Gasteiger partial charge is 0.483 e. The SMILES string of the molecule is Cc1cc(S(=O)(=O)N2CCc3ccccc32)ccc1OCC(=O)Nc1ccc(C2(C#N)CC2)cc1. The first-order chi connectivity index (χ1) is 16.8. The lowest BCUT2D eigenvalue weighted by Crippen LogP contribution is -2.29. The van der Waals surface area contributed by atoms with E-state index in [9.17, 15) is 18.5 Å². The maximum absolute atomic E-state index is 13.2. The van der Waals surface area contributed by atoms with Gasteiger partial charge in [0.1, 0.15) is 5.75 Å². The van der Waals surface area contributed by atoms with E-state index in [1.165, 1.54) is 10.4 Å². The van der Waals surface area contributed by atoms with Gasteiger partial charge in [-0.1, -0.05) is 30.3 Å². The van der Waals surface area contributed by atoms with E-state index in [0.717, 1.165) is 29.7 Å². The molecule has 0 unspecified atom stereocenters. The van der Waals surface area contributed by atoms with Crippen LogP contribution < -0.4 is 14.4 Å². The zero-order valence-electron chi connectivity index (χ0n) is 19.3. The molecule has 2 aliphatic rings. The number of para-hydroxylation sites is 1. The number of carbonyl (C=O) groups excluding carboxylic acids is 1. The minimum atomic E-state index is -3.70. The Morgan fingerprint density at radius 1 is 1.11 bits per heavy atom. The first-order valence-corrected chi connectivity index (χ1v) is 12.9. The van der Waals surface area contributed by atoms with E-state index in [2.05, 4.69) is 11.4 Å². The minimum Gasteiger partial charge on any atom is -0.483 e. The molecule has 1 aliphatic heterocycles. The zero-order chi connectivity index (χ0) is 24.6. The van der Waals surface area contributed by atoms with Crippen molar-refractivity contribution in [1.82, 2.24) is 0 Å². The Kier molecular flexibility index (Phi) is 5.73. The predicted octanol–water partition coefficient (Wildman–Crippen LogP) is 4.32. The second-order valence-electron chi connectivity index (χ2n) is 8.99. The topological polar surface area (TPSA) is 99.5 Å². The number of nitrogens with zero attached hydrogens (tertiary/aromatic N) is 2. The number of hydrogen-bond acceptors (Lipinski definition) is 5. The lowest BCUT2D eigenvalue weighted by molar-refractivity contribution is -0.118. The summed E-state index contributed by atoms with van der Waals surface area (Å²) in [6.07, 6.45) is 2.42. The summed E-state index contributed by atoms with van der Waals surface area (Å²) in [4.78, 5) is 12.6. The number of carbonyl (C=O) groups is 1. The average molecular weight is 488 g/mol. The fraction of sp³-hybridized carbons (Fsp3) is 0.259. The second kappa shape index (κ2) is 8.75. The molecule has 7 nitrogen and oxygen atoms in total. The Morgan fingerprint density at radius 2 is 1.86 bits per heavy atom. The molecule has 0 aromatic heterocycles. The Balaban J connectivity index is 1.22. The lowest BCUT2D eigenvalue weighted by atomic mass is 9.98. The predicted molar refractivity (Wildman–Crippen MR) is 133 cm³/mol. The van der Waals surface area contributed by atoms with Crippen LogP contribution in [-0.4, -0.2) is 27.5 Å². The zero-order valence-corrected chi connectivity index (χ0v) is 20.1. The quantitative estimate of drug-likeness (QED) is 0.535. The Morgan fingerprint density at radius 3 is 2.54 bits per heavy atom. The van der Waals surface area contributed by atoms with Gasteiger partial charge in [0.05, 0.1) is 22.1 Å². The minimum absolute atomic E-state index is 0.189. The highest BCUT2D eigenvalue weighted by atomic mass is 32.2. The molecule has 3 aromatic rings. The number of aryl methyl sites for hydroxylation is 1. The molecule has 0 spiro atoms. The summed E-state index contributed by atoms with van der Waals surface area (Å²) < 4.78 is 33.6.